The Hall–Kier alpha value is -3.29. The summed E-state index contributed by atoms with van der Waals surface area (Å²) < 4.78 is 29.9. The van der Waals surface area contributed by atoms with Crippen molar-refractivity contribution in [1.29, 1.82) is 0 Å². The highest BCUT2D eigenvalue weighted by atomic mass is 19.3. The Labute approximate surface area is 142 Å². The van der Waals surface area contributed by atoms with Crippen LogP contribution in [0.1, 0.15) is 16.2 Å². The number of nitrogens with one attached hydrogen (secondary N) is 1. The molecule has 0 saturated carbocycles. The number of amides is 1. The molecular weight excluding hydrogens is 330 g/mol. The molecule has 2 aromatic carbocycles. The number of anilines is 1. The number of aryl methyl sites for hydroxylation is 1. The molecule has 1 aromatic heterocycles. The number of ether oxygens (including phenoxy) is 1. The van der Waals surface area contributed by atoms with E-state index in [4.69, 9.17) is 0 Å². The molecule has 1 heterocycles. The lowest BCUT2D eigenvalue weighted by Gasteiger charge is -2.05. The van der Waals surface area contributed by atoms with Gasteiger partial charge in [-0.2, -0.15) is 8.78 Å². The van der Waals surface area contributed by atoms with E-state index < -0.39 is 12.5 Å². The number of halogens is 2. The monoisotopic (exact) mass is 344 g/mol. The predicted octanol–water partition coefficient (Wildman–Crippen LogP) is 3.43. The molecule has 25 heavy (non-hydrogen) atoms. The Bertz CT molecular complexity index is 878. The summed E-state index contributed by atoms with van der Waals surface area (Å²) in [5.74, 6) is -0.410. The van der Waals surface area contributed by atoms with Gasteiger partial charge in [0.1, 0.15) is 12.1 Å². The third-order valence-corrected chi connectivity index (χ3v) is 3.30. The van der Waals surface area contributed by atoms with E-state index in [1.54, 1.807) is 6.07 Å². The lowest BCUT2D eigenvalue weighted by Crippen LogP contribution is -2.14. The fraction of sp³-hybridized carbons (Fsp3) is 0.118. The second-order valence-corrected chi connectivity index (χ2v) is 5.21. The lowest BCUT2D eigenvalue weighted by molar-refractivity contribution is -0.0498. The van der Waals surface area contributed by atoms with Crippen molar-refractivity contribution in [2.75, 3.05) is 5.32 Å². The van der Waals surface area contributed by atoms with Crippen LogP contribution in [0.3, 0.4) is 0 Å². The summed E-state index contributed by atoms with van der Waals surface area (Å²) in [6.07, 6.45) is 1.37. The van der Waals surface area contributed by atoms with E-state index in [-0.39, 0.29) is 11.6 Å². The van der Waals surface area contributed by atoms with Crippen LogP contribution in [0.25, 0.3) is 5.69 Å². The van der Waals surface area contributed by atoms with E-state index in [0.717, 1.165) is 5.56 Å². The molecule has 0 aliphatic carbocycles. The molecular formula is C17H14F2N4O2. The van der Waals surface area contributed by atoms with Gasteiger partial charge in [-0.25, -0.2) is 9.67 Å². The Morgan fingerprint density at radius 3 is 2.64 bits per heavy atom. The zero-order valence-corrected chi connectivity index (χ0v) is 13.2. The molecule has 8 heteroatoms. The number of benzene rings is 2. The standard InChI is InChI=1S/C17H14F2N4O2/c1-11-3-2-4-12(9-11)21-16(24)15-20-10-23(22-15)13-5-7-14(8-6-13)25-17(18)19/h2-10,17H,1H3,(H,21,24). The van der Waals surface area contributed by atoms with Crippen LogP contribution in [0.4, 0.5) is 14.5 Å². The van der Waals surface area contributed by atoms with Crippen LogP contribution in [0.2, 0.25) is 0 Å². The third-order valence-electron chi connectivity index (χ3n) is 3.30. The summed E-state index contributed by atoms with van der Waals surface area (Å²) >= 11 is 0. The molecule has 0 bridgehead atoms. The summed E-state index contributed by atoms with van der Waals surface area (Å²) in [6, 6.07) is 13.2. The van der Waals surface area contributed by atoms with Crippen molar-refractivity contribution in [2.24, 2.45) is 0 Å². The molecule has 0 saturated heterocycles. The molecule has 128 valence electrons. The summed E-state index contributed by atoms with van der Waals surface area (Å²) in [5.41, 5.74) is 2.22. The number of rotatable bonds is 5. The summed E-state index contributed by atoms with van der Waals surface area (Å²) in [4.78, 5) is 16.2. The molecule has 0 aliphatic heterocycles. The summed E-state index contributed by atoms with van der Waals surface area (Å²) in [7, 11) is 0. The van der Waals surface area contributed by atoms with Gasteiger partial charge in [0.25, 0.3) is 5.91 Å². The largest absolute Gasteiger partial charge is 0.435 e. The molecule has 0 spiro atoms. The van der Waals surface area contributed by atoms with Crippen LogP contribution in [0.15, 0.2) is 54.9 Å². The van der Waals surface area contributed by atoms with Gasteiger partial charge in [-0.05, 0) is 48.9 Å². The third kappa shape index (κ3) is 4.17. The number of alkyl halides is 2. The molecule has 1 N–H and O–H groups in total. The highest BCUT2D eigenvalue weighted by Crippen LogP contribution is 2.17. The van der Waals surface area contributed by atoms with E-state index in [1.807, 2.05) is 25.1 Å². The number of aromatic nitrogens is 3. The van der Waals surface area contributed by atoms with Gasteiger partial charge in [0.15, 0.2) is 0 Å². The smallest absolute Gasteiger partial charge is 0.387 e. The maximum atomic E-state index is 12.2. The normalized spacial score (nSPS) is 10.7. The SMILES string of the molecule is Cc1cccc(NC(=O)c2ncn(-c3ccc(OC(F)F)cc3)n2)c1. The highest BCUT2D eigenvalue weighted by molar-refractivity contribution is 6.01. The summed E-state index contributed by atoms with van der Waals surface area (Å²) in [6.45, 7) is -0.960. The van der Waals surface area contributed by atoms with Gasteiger partial charge >= 0.3 is 6.61 Å². The zero-order chi connectivity index (χ0) is 17.8. The lowest BCUT2D eigenvalue weighted by atomic mass is 10.2. The second-order valence-electron chi connectivity index (χ2n) is 5.21. The van der Waals surface area contributed by atoms with Gasteiger partial charge in [0.2, 0.25) is 5.82 Å². The van der Waals surface area contributed by atoms with E-state index in [9.17, 15) is 13.6 Å². The quantitative estimate of drug-likeness (QED) is 0.770. The number of hydrogen-bond donors (Lipinski definition) is 1. The number of nitrogens with zero attached hydrogens (tertiary/aromatic N) is 3. The first-order valence-corrected chi connectivity index (χ1v) is 7.36. The minimum Gasteiger partial charge on any atom is -0.435 e. The number of carbonyl (C=O) groups excluding carboxylic acids is 1. The van der Waals surface area contributed by atoms with Crippen LogP contribution in [-0.2, 0) is 0 Å². The molecule has 3 rings (SSSR count). The van der Waals surface area contributed by atoms with Crippen molar-refractivity contribution in [3.63, 3.8) is 0 Å². The average molecular weight is 344 g/mol. The molecule has 0 aliphatic rings. The van der Waals surface area contributed by atoms with Crippen molar-refractivity contribution in [3.05, 3.63) is 66.2 Å². The topological polar surface area (TPSA) is 69.0 Å². The van der Waals surface area contributed by atoms with E-state index >= 15 is 0 Å². The molecule has 3 aromatic rings. The Morgan fingerprint density at radius 1 is 1.20 bits per heavy atom. The van der Waals surface area contributed by atoms with Crippen molar-refractivity contribution in [2.45, 2.75) is 13.5 Å². The first-order valence-electron chi connectivity index (χ1n) is 7.36. The fourth-order valence-corrected chi connectivity index (χ4v) is 2.18. The van der Waals surface area contributed by atoms with Gasteiger partial charge in [-0.1, -0.05) is 12.1 Å². The van der Waals surface area contributed by atoms with Crippen LogP contribution >= 0.6 is 0 Å². The average Bonchev–Trinajstić information content (AvgIpc) is 3.05. The van der Waals surface area contributed by atoms with Crippen LogP contribution in [0, 0.1) is 6.92 Å². The minimum absolute atomic E-state index is 0.00517. The molecule has 1 amide bonds. The first-order chi connectivity index (χ1) is 12.0. The van der Waals surface area contributed by atoms with Gasteiger partial charge in [-0.15, -0.1) is 5.10 Å². The Morgan fingerprint density at radius 2 is 1.96 bits per heavy atom. The maximum Gasteiger partial charge on any atom is 0.387 e. The van der Waals surface area contributed by atoms with Crippen molar-refractivity contribution in [3.8, 4) is 11.4 Å². The van der Waals surface area contributed by atoms with Gasteiger partial charge in [0.05, 0.1) is 5.69 Å². The Balaban J connectivity index is 1.72. The van der Waals surface area contributed by atoms with Crippen molar-refractivity contribution < 1.29 is 18.3 Å². The molecule has 0 radical (unpaired) electrons. The molecule has 0 fully saturated rings. The predicted molar refractivity (Wildman–Crippen MR) is 87.1 cm³/mol. The number of carbonyl (C=O) groups is 1. The van der Waals surface area contributed by atoms with E-state index in [0.29, 0.717) is 11.4 Å². The Kier molecular flexibility index (Phi) is 4.69. The summed E-state index contributed by atoms with van der Waals surface area (Å²) in [5, 5.41) is 6.81. The zero-order valence-electron chi connectivity index (χ0n) is 13.2. The van der Waals surface area contributed by atoms with Crippen molar-refractivity contribution in [1.82, 2.24) is 14.8 Å². The van der Waals surface area contributed by atoms with E-state index in [2.05, 4.69) is 20.1 Å². The molecule has 0 atom stereocenters. The van der Waals surface area contributed by atoms with Crippen molar-refractivity contribution >= 4 is 11.6 Å². The fourth-order valence-electron chi connectivity index (χ4n) is 2.18. The minimum atomic E-state index is -2.88. The van der Waals surface area contributed by atoms with Crippen LogP contribution in [0.5, 0.6) is 5.75 Å². The highest BCUT2D eigenvalue weighted by Gasteiger charge is 2.13. The van der Waals surface area contributed by atoms with Gasteiger partial charge < -0.3 is 10.1 Å². The second kappa shape index (κ2) is 7.08. The molecule has 6 nitrogen and oxygen atoms in total. The van der Waals surface area contributed by atoms with Gasteiger partial charge in [0, 0.05) is 5.69 Å². The van der Waals surface area contributed by atoms with E-state index in [1.165, 1.54) is 35.3 Å². The van der Waals surface area contributed by atoms with Crippen LogP contribution in [-0.4, -0.2) is 27.3 Å². The molecule has 0 unspecified atom stereocenters. The number of hydrogen-bond acceptors (Lipinski definition) is 4. The van der Waals surface area contributed by atoms with Gasteiger partial charge in [-0.3, -0.25) is 4.79 Å². The van der Waals surface area contributed by atoms with Crippen LogP contribution < -0.4 is 10.1 Å². The first kappa shape index (κ1) is 16.6. The maximum absolute atomic E-state index is 12.2.